The van der Waals surface area contributed by atoms with Gasteiger partial charge in [-0.3, -0.25) is 20.2 Å². The summed E-state index contributed by atoms with van der Waals surface area (Å²) in [5.41, 5.74) is 2.85. The highest BCUT2D eigenvalue weighted by atomic mass is 35.5. The molecule has 0 bridgehead atoms. The third-order valence-corrected chi connectivity index (χ3v) is 1.40. The summed E-state index contributed by atoms with van der Waals surface area (Å²) in [5.74, 6) is 0. The summed E-state index contributed by atoms with van der Waals surface area (Å²) in [7, 11) is 0. The number of nitrogens with two attached hydrogens (primary N) is 1. The van der Waals surface area contributed by atoms with Crippen molar-refractivity contribution in [3.8, 4) is 0 Å². The molecule has 12 heavy (non-hydrogen) atoms. The van der Waals surface area contributed by atoms with Crippen molar-refractivity contribution in [3.05, 3.63) is 20.2 Å². The normalized spacial score (nSPS) is 10.2. The van der Waals surface area contributed by atoms with Gasteiger partial charge in [0.1, 0.15) is 6.42 Å². The maximum Gasteiger partial charge on any atom is 0.457 e. The van der Waals surface area contributed by atoms with Crippen LogP contribution in [0.4, 0.5) is 0 Å². The van der Waals surface area contributed by atoms with E-state index >= 15 is 0 Å². The molecule has 72 valence electrons. The SMILES string of the molecule is CC(CCN)([N+](=O)[O-])[N+](=O)[O-].Cl. The van der Waals surface area contributed by atoms with E-state index in [1.54, 1.807) is 0 Å². The van der Waals surface area contributed by atoms with Gasteiger partial charge in [0.15, 0.2) is 0 Å². The van der Waals surface area contributed by atoms with Crippen molar-refractivity contribution in [2.24, 2.45) is 5.73 Å². The fourth-order valence-electron chi connectivity index (χ4n) is 0.523. The third-order valence-electron chi connectivity index (χ3n) is 1.40. The predicted molar refractivity (Wildman–Crippen MR) is 43.3 cm³/mol. The molecule has 0 amide bonds. The number of nitro groups is 2. The number of hydrogen-bond acceptors (Lipinski definition) is 5. The Labute approximate surface area is 74.6 Å². The predicted octanol–water partition coefficient (Wildman–Crippen LogP) is 0.0266. The van der Waals surface area contributed by atoms with Crippen molar-refractivity contribution < 1.29 is 9.85 Å². The van der Waals surface area contributed by atoms with Gasteiger partial charge in [-0.05, 0) is 0 Å². The van der Waals surface area contributed by atoms with Crippen LogP contribution in [0.5, 0.6) is 0 Å². The molecule has 0 radical (unpaired) electrons. The minimum atomic E-state index is -2.13. The van der Waals surface area contributed by atoms with Gasteiger partial charge in [0, 0.05) is 6.54 Å². The highest BCUT2D eigenvalue weighted by Crippen LogP contribution is 2.13. The number of nitrogens with zero attached hydrogens (tertiary/aromatic N) is 2. The van der Waals surface area contributed by atoms with Crippen molar-refractivity contribution in [1.29, 1.82) is 0 Å². The molecule has 0 spiro atoms. The number of halogens is 1. The Morgan fingerprint density at radius 3 is 1.75 bits per heavy atom. The van der Waals surface area contributed by atoms with Gasteiger partial charge in [-0.1, -0.05) is 0 Å². The standard InChI is InChI=1S/C4H9N3O4.ClH/c1-4(2-3-5,6(8)9)7(10)11;/h2-3,5H2,1H3;1H. The first kappa shape index (κ1) is 13.6. The molecule has 0 fully saturated rings. The van der Waals surface area contributed by atoms with Gasteiger partial charge in [0.2, 0.25) is 0 Å². The molecule has 2 N–H and O–H groups in total. The van der Waals surface area contributed by atoms with Crippen LogP contribution in [0.15, 0.2) is 0 Å². The smallest absolute Gasteiger partial charge is 0.330 e. The number of rotatable bonds is 4. The quantitative estimate of drug-likeness (QED) is 0.390. The maximum absolute atomic E-state index is 10.2. The largest absolute Gasteiger partial charge is 0.457 e. The Hall–Kier alpha value is -0.950. The van der Waals surface area contributed by atoms with Crippen LogP contribution in [-0.4, -0.2) is 22.1 Å². The Balaban J connectivity index is 0. The maximum atomic E-state index is 10.2. The van der Waals surface area contributed by atoms with E-state index in [1.807, 2.05) is 0 Å². The zero-order valence-electron chi connectivity index (χ0n) is 6.43. The van der Waals surface area contributed by atoms with Gasteiger partial charge in [-0.2, -0.15) is 0 Å². The van der Waals surface area contributed by atoms with E-state index in [2.05, 4.69) is 0 Å². The van der Waals surface area contributed by atoms with Crippen molar-refractivity contribution >= 4 is 12.4 Å². The molecule has 0 rings (SSSR count). The molecular weight excluding hydrogens is 190 g/mol. The molecule has 0 aromatic heterocycles. The topological polar surface area (TPSA) is 112 Å². The van der Waals surface area contributed by atoms with E-state index in [0.29, 0.717) is 0 Å². The summed E-state index contributed by atoms with van der Waals surface area (Å²) < 4.78 is 0. The second-order valence-electron chi connectivity index (χ2n) is 2.27. The first-order valence-electron chi connectivity index (χ1n) is 2.94. The average Bonchev–Trinajstić information content (AvgIpc) is 1.87. The summed E-state index contributed by atoms with van der Waals surface area (Å²) >= 11 is 0. The Bertz CT molecular complexity index is 171. The van der Waals surface area contributed by atoms with Crippen LogP contribution in [0.1, 0.15) is 13.3 Å². The molecule has 0 saturated heterocycles. The summed E-state index contributed by atoms with van der Waals surface area (Å²) in [6.07, 6.45) is -0.257. The monoisotopic (exact) mass is 199 g/mol. The zero-order valence-corrected chi connectivity index (χ0v) is 7.24. The second kappa shape index (κ2) is 4.83. The van der Waals surface area contributed by atoms with Crippen molar-refractivity contribution in [3.63, 3.8) is 0 Å². The van der Waals surface area contributed by atoms with E-state index in [4.69, 9.17) is 5.73 Å². The van der Waals surface area contributed by atoms with Crippen LogP contribution >= 0.6 is 12.4 Å². The molecule has 8 heteroatoms. The van der Waals surface area contributed by atoms with E-state index in [-0.39, 0.29) is 25.4 Å². The molecule has 0 unspecified atom stereocenters. The zero-order chi connectivity index (χ0) is 9.07. The lowest BCUT2D eigenvalue weighted by molar-refractivity contribution is -0.792. The van der Waals surface area contributed by atoms with Gasteiger partial charge in [0.05, 0.1) is 16.8 Å². The Morgan fingerprint density at radius 2 is 1.67 bits per heavy atom. The second-order valence-corrected chi connectivity index (χ2v) is 2.27. The molecule has 0 aromatic carbocycles. The summed E-state index contributed by atoms with van der Waals surface area (Å²) in [6.45, 7) is 0.873. The van der Waals surface area contributed by atoms with Crippen LogP contribution in [0.25, 0.3) is 0 Å². The molecule has 0 heterocycles. The van der Waals surface area contributed by atoms with E-state index in [1.165, 1.54) is 0 Å². The lowest BCUT2D eigenvalue weighted by Gasteiger charge is -2.10. The fraction of sp³-hybridized carbons (Fsp3) is 1.00. The fourth-order valence-corrected chi connectivity index (χ4v) is 0.523. The first-order chi connectivity index (χ1) is 4.95. The molecule has 0 saturated carbocycles. The highest BCUT2D eigenvalue weighted by Gasteiger charge is 2.49. The molecule has 0 aliphatic carbocycles. The van der Waals surface area contributed by atoms with Crippen LogP contribution in [0.3, 0.4) is 0 Å². The first-order valence-corrected chi connectivity index (χ1v) is 2.94. The lowest BCUT2D eigenvalue weighted by atomic mass is 10.1. The minimum Gasteiger partial charge on any atom is -0.330 e. The van der Waals surface area contributed by atoms with Crippen molar-refractivity contribution in [2.75, 3.05) is 6.54 Å². The molecule has 0 aliphatic heterocycles. The molecular formula is C4H10ClN3O4. The summed E-state index contributed by atoms with van der Waals surface area (Å²) in [5, 5.41) is 20.3. The summed E-state index contributed by atoms with van der Waals surface area (Å²) in [6, 6.07) is 0. The van der Waals surface area contributed by atoms with Gasteiger partial charge in [0.25, 0.3) is 0 Å². The van der Waals surface area contributed by atoms with Gasteiger partial charge in [-0.15, -0.1) is 12.4 Å². The lowest BCUT2D eigenvalue weighted by Crippen LogP contribution is -2.44. The Kier molecular flexibility index (Phi) is 5.49. The van der Waals surface area contributed by atoms with Crippen LogP contribution in [-0.2, 0) is 0 Å². The van der Waals surface area contributed by atoms with Crippen LogP contribution < -0.4 is 5.73 Å². The van der Waals surface area contributed by atoms with E-state index in [0.717, 1.165) is 6.92 Å². The summed E-state index contributed by atoms with van der Waals surface area (Å²) in [4.78, 5) is 18.5. The molecule has 0 aliphatic rings. The van der Waals surface area contributed by atoms with Crippen molar-refractivity contribution in [1.82, 2.24) is 0 Å². The van der Waals surface area contributed by atoms with Gasteiger partial charge in [-0.25, -0.2) is 0 Å². The van der Waals surface area contributed by atoms with Crippen LogP contribution in [0, 0.1) is 20.2 Å². The van der Waals surface area contributed by atoms with Gasteiger partial charge >= 0.3 is 5.66 Å². The van der Waals surface area contributed by atoms with Crippen LogP contribution in [0.2, 0.25) is 0 Å². The molecule has 0 atom stereocenters. The average molecular weight is 200 g/mol. The van der Waals surface area contributed by atoms with E-state index in [9.17, 15) is 20.2 Å². The molecule has 7 nitrogen and oxygen atoms in total. The molecule has 0 aromatic rings. The highest BCUT2D eigenvalue weighted by molar-refractivity contribution is 5.85. The minimum absolute atomic E-state index is 0. The van der Waals surface area contributed by atoms with E-state index < -0.39 is 15.5 Å². The van der Waals surface area contributed by atoms with Crippen molar-refractivity contribution in [2.45, 2.75) is 19.0 Å². The Morgan fingerprint density at radius 1 is 1.33 bits per heavy atom. The van der Waals surface area contributed by atoms with Gasteiger partial charge < -0.3 is 5.73 Å². The third kappa shape index (κ3) is 2.59. The number of hydrogen-bond donors (Lipinski definition) is 1.